The summed E-state index contributed by atoms with van der Waals surface area (Å²) < 4.78 is 5.58. The molecule has 1 heteroatoms. The van der Waals surface area contributed by atoms with Crippen LogP contribution >= 0.6 is 0 Å². The van der Waals surface area contributed by atoms with Gasteiger partial charge in [-0.3, -0.25) is 0 Å². The first-order valence-corrected chi connectivity index (χ1v) is 6.00. The lowest BCUT2D eigenvalue weighted by molar-refractivity contribution is 0.393. The molecule has 0 aliphatic heterocycles. The first-order valence-electron chi connectivity index (χ1n) is 6.00. The van der Waals surface area contributed by atoms with Crippen LogP contribution in [0.15, 0.2) is 6.07 Å². The van der Waals surface area contributed by atoms with Gasteiger partial charge in [0.2, 0.25) is 0 Å². The predicted molar refractivity (Wildman–Crippen MR) is 70.5 cm³/mol. The lowest BCUT2D eigenvalue weighted by atomic mass is 9.80. The number of benzene rings is 1. The SMILES string of the molecule is CCc1cc(C)c(OC)c(C(C)(C)C)c1C. The fourth-order valence-electron chi connectivity index (χ4n) is 2.50. The zero-order valence-corrected chi connectivity index (χ0v) is 11.7. The third kappa shape index (κ3) is 2.23. The second-order valence-electron chi connectivity index (χ2n) is 5.49. The second-order valence-corrected chi connectivity index (χ2v) is 5.49. The lowest BCUT2D eigenvalue weighted by Gasteiger charge is -2.27. The van der Waals surface area contributed by atoms with Crippen molar-refractivity contribution in [3.8, 4) is 5.75 Å². The molecule has 90 valence electrons. The molecule has 0 spiro atoms. The maximum Gasteiger partial charge on any atom is 0.125 e. The van der Waals surface area contributed by atoms with Gasteiger partial charge in [-0.15, -0.1) is 0 Å². The zero-order chi connectivity index (χ0) is 12.5. The molecule has 0 heterocycles. The number of ether oxygens (including phenoxy) is 1. The Kier molecular flexibility index (Phi) is 3.67. The maximum absolute atomic E-state index is 5.58. The molecule has 0 saturated carbocycles. The van der Waals surface area contributed by atoms with E-state index in [4.69, 9.17) is 4.74 Å². The predicted octanol–water partition coefficient (Wildman–Crippen LogP) is 4.17. The minimum Gasteiger partial charge on any atom is -0.496 e. The van der Waals surface area contributed by atoms with Gasteiger partial charge in [-0.25, -0.2) is 0 Å². The van der Waals surface area contributed by atoms with Crippen molar-refractivity contribution in [1.29, 1.82) is 0 Å². The molecule has 0 unspecified atom stereocenters. The van der Waals surface area contributed by atoms with Gasteiger partial charge in [-0.05, 0) is 42.4 Å². The molecule has 0 fully saturated rings. The first kappa shape index (κ1) is 13.1. The number of methoxy groups -OCH3 is 1. The molecule has 0 saturated heterocycles. The van der Waals surface area contributed by atoms with Gasteiger partial charge in [-0.1, -0.05) is 33.8 Å². The quantitative estimate of drug-likeness (QED) is 0.726. The Morgan fingerprint density at radius 2 is 1.75 bits per heavy atom. The van der Waals surface area contributed by atoms with Gasteiger partial charge < -0.3 is 4.74 Å². The molecule has 0 bridgehead atoms. The Balaban J connectivity index is 3.59. The Morgan fingerprint density at radius 1 is 1.19 bits per heavy atom. The molecule has 0 N–H and O–H groups in total. The van der Waals surface area contributed by atoms with Gasteiger partial charge in [0, 0.05) is 5.56 Å². The fraction of sp³-hybridized carbons (Fsp3) is 0.600. The zero-order valence-electron chi connectivity index (χ0n) is 11.7. The summed E-state index contributed by atoms with van der Waals surface area (Å²) in [6, 6.07) is 2.25. The van der Waals surface area contributed by atoms with Crippen LogP contribution in [-0.2, 0) is 11.8 Å². The van der Waals surface area contributed by atoms with E-state index in [0.717, 1.165) is 12.2 Å². The van der Waals surface area contributed by atoms with Crippen molar-refractivity contribution in [2.75, 3.05) is 7.11 Å². The molecule has 1 rings (SSSR count). The number of hydrogen-bond acceptors (Lipinski definition) is 1. The summed E-state index contributed by atoms with van der Waals surface area (Å²) in [5.41, 5.74) is 5.55. The van der Waals surface area contributed by atoms with Gasteiger partial charge in [0.15, 0.2) is 0 Å². The molecular formula is C15H24O. The molecule has 0 atom stereocenters. The number of aryl methyl sites for hydroxylation is 2. The van der Waals surface area contributed by atoms with Crippen LogP contribution in [0, 0.1) is 13.8 Å². The Bertz CT molecular complexity index is 383. The molecule has 16 heavy (non-hydrogen) atoms. The van der Waals surface area contributed by atoms with E-state index >= 15 is 0 Å². The normalized spacial score (nSPS) is 11.7. The third-order valence-corrected chi connectivity index (χ3v) is 3.17. The van der Waals surface area contributed by atoms with Crippen LogP contribution in [0.1, 0.15) is 49.9 Å². The van der Waals surface area contributed by atoms with Crippen molar-refractivity contribution in [3.05, 3.63) is 28.3 Å². The minimum atomic E-state index is 0.130. The Labute approximate surface area is 99.8 Å². The molecule has 0 aromatic heterocycles. The largest absolute Gasteiger partial charge is 0.496 e. The van der Waals surface area contributed by atoms with Gasteiger partial charge in [0.05, 0.1) is 7.11 Å². The van der Waals surface area contributed by atoms with E-state index in [1.807, 2.05) is 0 Å². The average molecular weight is 220 g/mol. The fourth-order valence-corrected chi connectivity index (χ4v) is 2.50. The minimum absolute atomic E-state index is 0.130. The maximum atomic E-state index is 5.58. The summed E-state index contributed by atoms with van der Waals surface area (Å²) in [6.07, 6.45) is 1.08. The molecule has 1 nitrogen and oxygen atoms in total. The standard InChI is InChI=1S/C15H24O/c1-8-12-9-10(2)14(16-7)13(11(12)3)15(4,5)6/h9H,8H2,1-7H3. The smallest absolute Gasteiger partial charge is 0.125 e. The second kappa shape index (κ2) is 4.48. The summed E-state index contributed by atoms with van der Waals surface area (Å²) >= 11 is 0. The summed E-state index contributed by atoms with van der Waals surface area (Å²) in [7, 11) is 1.77. The third-order valence-electron chi connectivity index (χ3n) is 3.17. The Morgan fingerprint density at radius 3 is 2.12 bits per heavy atom. The highest BCUT2D eigenvalue weighted by Crippen LogP contribution is 2.38. The van der Waals surface area contributed by atoms with Crippen molar-refractivity contribution in [2.45, 2.75) is 53.4 Å². The Hall–Kier alpha value is -0.980. The lowest BCUT2D eigenvalue weighted by Crippen LogP contribution is -2.16. The molecule has 0 amide bonds. The van der Waals surface area contributed by atoms with Gasteiger partial charge in [-0.2, -0.15) is 0 Å². The summed E-state index contributed by atoms with van der Waals surface area (Å²) in [6.45, 7) is 13.3. The summed E-state index contributed by atoms with van der Waals surface area (Å²) in [5.74, 6) is 1.06. The number of rotatable bonds is 2. The highest BCUT2D eigenvalue weighted by atomic mass is 16.5. The monoisotopic (exact) mass is 220 g/mol. The van der Waals surface area contributed by atoms with Crippen LogP contribution < -0.4 is 4.74 Å². The average Bonchev–Trinajstić information content (AvgIpc) is 2.18. The van der Waals surface area contributed by atoms with E-state index in [9.17, 15) is 0 Å². The number of hydrogen-bond donors (Lipinski definition) is 0. The van der Waals surface area contributed by atoms with Crippen LogP contribution in [0.3, 0.4) is 0 Å². The molecule has 0 radical (unpaired) electrons. The molecule has 1 aromatic rings. The van der Waals surface area contributed by atoms with Crippen LogP contribution in [-0.4, -0.2) is 7.11 Å². The highest BCUT2D eigenvalue weighted by Gasteiger charge is 2.24. The van der Waals surface area contributed by atoms with E-state index in [1.165, 1.54) is 22.3 Å². The van der Waals surface area contributed by atoms with Crippen LogP contribution in [0.25, 0.3) is 0 Å². The van der Waals surface area contributed by atoms with Crippen molar-refractivity contribution >= 4 is 0 Å². The molecule has 0 aliphatic rings. The molecular weight excluding hydrogens is 196 g/mol. The van der Waals surface area contributed by atoms with E-state index in [1.54, 1.807) is 7.11 Å². The van der Waals surface area contributed by atoms with Gasteiger partial charge in [0.1, 0.15) is 5.75 Å². The van der Waals surface area contributed by atoms with Crippen molar-refractivity contribution in [3.63, 3.8) is 0 Å². The van der Waals surface area contributed by atoms with E-state index in [0.29, 0.717) is 0 Å². The van der Waals surface area contributed by atoms with Gasteiger partial charge >= 0.3 is 0 Å². The van der Waals surface area contributed by atoms with Crippen molar-refractivity contribution < 1.29 is 4.74 Å². The van der Waals surface area contributed by atoms with Crippen LogP contribution in [0.5, 0.6) is 5.75 Å². The van der Waals surface area contributed by atoms with Crippen molar-refractivity contribution in [1.82, 2.24) is 0 Å². The van der Waals surface area contributed by atoms with E-state index < -0.39 is 0 Å². The first-order chi connectivity index (χ1) is 7.32. The van der Waals surface area contributed by atoms with Crippen LogP contribution in [0.4, 0.5) is 0 Å². The van der Waals surface area contributed by atoms with Crippen LogP contribution in [0.2, 0.25) is 0 Å². The van der Waals surface area contributed by atoms with E-state index in [-0.39, 0.29) is 5.41 Å². The topological polar surface area (TPSA) is 9.23 Å². The summed E-state index contributed by atoms with van der Waals surface area (Å²) in [5, 5.41) is 0. The van der Waals surface area contributed by atoms with E-state index in [2.05, 4.69) is 47.6 Å². The summed E-state index contributed by atoms with van der Waals surface area (Å²) in [4.78, 5) is 0. The molecule has 0 aliphatic carbocycles. The molecule has 1 aromatic carbocycles. The van der Waals surface area contributed by atoms with Crippen molar-refractivity contribution in [2.24, 2.45) is 0 Å². The highest BCUT2D eigenvalue weighted by molar-refractivity contribution is 5.52. The van der Waals surface area contributed by atoms with Gasteiger partial charge in [0.25, 0.3) is 0 Å².